The van der Waals surface area contributed by atoms with E-state index >= 15 is 8.78 Å². The quantitative estimate of drug-likeness (QED) is 0.138. The number of hydrogen-bond donors (Lipinski definition) is 2. The molecule has 5 fully saturated rings. The van der Waals surface area contributed by atoms with Crippen LogP contribution in [0.25, 0.3) is 32.1 Å². The Balaban J connectivity index is 1.09. The summed E-state index contributed by atoms with van der Waals surface area (Å²) in [6, 6.07) is 3.61. The number of nitrogens with zero attached hydrogens (tertiary/aromatic N) is 6. The standard InChI is InChI=1S/C41H44ClF3N8O4S2/c1-3-59(55)53-33(20-5-6-20)34(53)39(54)48-22-7-8-23-13-19(2)57-35-29-32(31(45)28(30(35)42)24-9-10-26(44)36-27(24)25(15-46)37(47)58-36)49-40(50-38(29)52(23)17-22)56-18-41-11-4-12-51(41)16-21(43)14-41/h9-10,19-23,33-34H,3-8,11-14,16-18,47H2,1-2H3,(H,48,54)/t19?,21-,22?,23?,33?,34?,41+,53?,59?/m1/s1. The number of halogens is 4. The number of nitrogen functional groups attached to an aromatic ring is 1. The fourth-order valence-corrected chi connectivity index (χ4v) is 12.9. The zero-order valence-electron chi connectivity index (χ0n) is 32.6. The molecule has 59 heavy (non-hydrogen) atoms. The fourth-order valence-electron chi connectivity index (χ4n) is 10.4. The molecule has 4 saturated heterocycles. The summed E-state index contributed by atoms with van der Waals surface area (Å²) in [7, 11) is 0. The van der Waals surface area contributed by atoms with Gasteiger partial charge in [0.15, 0.2) is 17.6 Å². The Labute approximate surface area is 351 Å². The van der Waals surface area contributed by atoms with E-state index in [1.165, 1.54) is 12.1 Å². The molecule has 9 atom stereocenters. The van der Waals surface area contributed by atoms with E-state index in [1.54, 1.807) is 0 Å². The first-order valence-electron chi connectivity index (χ1n) is 20.5. The molecule has 3 N–H and O–H groups in total. The lowest BCUT2D eigenvalue weighted by Crippen LogP contribution is -2.54. The fraction of sp³-hybridized carbons (Fsp3) is 0.561. The SMILES string of the molecule is CC[S+]([O-])N1C(C(=O)NC2CCC3CC(C)Oc4c(Cl)c(-c5ccc(F)c6sc(N)c(C#N)c56)c(F)c5nc(OC[C@@]67CCCN6C[C@H](F)C7)nc(c45)N3C2)C1C1CC1. The van der Waals surface area contributed by atoms with Gasteiger partial charge in [0, 0.05) is 60.3 Å². The molecule has 0 radical (unpaired) electrons. The van der Waals surface area contributed by atoms with Gasteiger partial charge in [-0.3, -0.25) is 9.69 Å². The second kappa shape index (κ2) is 14.7. The van der Waals surface area contributed by atoms with Gasteiger partial charge in [-0.15, -0.1) is 15.6 Å². The lowest BCUT2D eigenvalue weighted by molar-refractivity contribution is -0.121. The molecule has 12 nitrogen and oxygen atoms in total. The summed E-state index contributed by atoms with van der Waals surface area (Å²) in [5, 5.41) is 13.7. The molecule has 1 saturated carbocycles. The molecule has 6 aliphatic rings. The number of aromatic nitrogens is 2. The van der Waals surface area contributed by atoms with Gasteiger partial charge in [-0.25, -0.2) is 13.2 Å². The van der Waals surface area contributed by atoms with Crippen molar-refractivity contribution in [3.05, 3.63) is 34.4 Å². The molecule has 7 heterocycles. The molecule has 5 aliphatic heterocycles. The summed E-state index contributed by atoms with van der Waals surface area (Å²) in [4.78, 5) is 27.7. The van der Waals surface area contributed by atoms with E-state index in [2.05, 4.69) is 26.2 Å². The minimum atomic E-state index is -1.23. The first kappa shape index (κ1) is 39.4. The Kier molecular flexibility index (Phi) is 9.80. The van der Waals surface area contributed by atoms with E-state index in [1.807, 2.05) is 18.2 Å². The number of piperidine rings is 1. The van der Waals surface area contributed by atoms with Gasteiger partial charge in [-0.2, -0.15) is 15.2 Å². The molecule has 7 unspecified atom stereocenters. The second-order valence-electron chi connectivity index (χ2n) is 17.0. The van der Waals surface area contributed by atoms with Crippen LogP contribution < -0.4 is 25.4 Å². The third kappa shape index (κ3) is 6.46. The van der Waals surface area contributed by atoms with E-state index in [0.717, 1.165) is 43.6 Å². The summed E-state index contributed by atoms with van der Waals surface area (Å²) in [5.41, 5.74) is 5.49. The highest BCUT2D eigenvalue weighted by Crippen LogP contribution is 2.53. The normalized spacial score (nSPS) is 30.6. The molecular formula is C41H44ClF3N8O4S2. The Morgan fingerprint density at radius 1 is 1.24 bits per heavy atom. The average Bonchev–Trinajstić information content (AvgIpc) is 4.09. The van der Waals surface area contributed by atoms with Crippen molar-refractivity contribution in [2.75, 3.05) is 42.6 Å². The van der Waals surface area contributed by atoms with Crippen LogP contribution in [0.2, 0.25) is 5.02 Å². The number of carbonyl (C=O) groups excluding carboxylic acids is 1. The Hall–Kier alpha value is -3.79. The number of nitriles is 1. The van der Waals surface area contributed by atoms with Crippen molar-refractivity contribution >= 4 is 72.0 Å². The maximum absolute atomic E-state index is 17.7. The van der Waals surface area contributed by atoms with E-state index in [-0.39, 0.29) is 90.1 Å². The van der Waals surface area contributed by atoms with Gasteiger partial charge in [0.2, 0.25) is 5.91 Å². The number of fused-ring (bicyclic) bond motifs is 4. The maximum atomic E-state index is 17.7. The second-order valence-corrected chi connectivity index (χ2v) is 20.1. The van der Waals surface area contributed by atoms with Gasteiger partial charge in [0.25, 0.3) is 0 Å². The first-order valence-corrected chi connectivity index (χ1v) is 22.9. The van der Waals surface area contributed by atoms with E-state index in [0.29, 0.717) is 56.3 Å². The van der Waals surface area contributed by atoms with Crippen LogP contribution >= 0.6 is 22.9 Å². The zero-order valence-corrected chi connectivity index (χ0v) is 35.0. The number of nitrogens with two attached hydrogens (primary N) is 1. The van der Waals surface area contributed by atoms with Crippen LogP contribution in [0, 0.1) is 28.9 Å². The Bertz CT molecular complexity index is 2440. The third-order valence-corrected chi connectivity index (χ3v) is 16.1. The Morgan fingerprint density at radius 2 is 2.05 bits per heavy atom. The average molecular weight is 869 g/mol. The zero-order chi connectivity index (χ0) is 41.1. The van der Waals surface area contributed by atoms with Crippen LogP contribution in [-0.4, -0.2) is 104 Å². The summed E-state index contributed by atoms with van der Waals surface area (Å²) >= 11 is 6.90. The predicted octanol–water partition coefficient (Wildman–Crippen LogP) is 6.62. The minimum absolute atomic E-state index is 0.00507. The molecule has 0 bridgehead atoms. The summed E-state index contributed by atoms with van der Waals surface area (Å²) < 4.78 is 75.5. The number of anilines is 2. The lowest BCUT2D eigenvalue weighted by Gasteiger charge is -2.43. The number of carbonyl (C=O) groups is 1. The van der Waals surface area contributed by atoms with Crippen molar-refractivity contribution in [3.63, 3.8) is 0 Å². The molecular weight excluding hydrogens is 825 g/mol. The number of rotatable bonds is 9. The maximum Gasteiger partial charge on any atom is 0.319 e. The summed E-state index contributed by atoms with van der Waals surface area (Å²) in [6.07, 6.45) is 4.47. The number of thiophene rings is 1. The summed E-state index contributed by atoms with van der Waals surface area (Å²) in [6.45, 7) is 5.26. The lowest BCUT2D eigenvalue weighted by atomic mass is 9.92. The monoisotopic (exact) mass is 868 g/mol. The predicted molar refractivity (Wildman–Crippen MR) is 221 cm³/mol. The van der Waals surface area contributed by atoms with Crippen LogP contribution in [0.15, 0.2) is 12.1 Å². The van der Waals surface area contributed by atoms with Crippen molar-refractivity contribution in [1.29, 1.82) is 5.26 Å². The van der Waals surface area contributed by atoms with Gasteiger partial charge in [0.1, 0.15) is 46.8 Å². The van der Waals surface area contributed by atoms with E-state index in [4.69, 9.17) is 31.8 Å². The number of nitrogens with one attached hydrogen (secondary N) is 1. The van der Waals surface area contributed by atoms with Gasteiger partial charge in [0.05, 0.1) is 38.4 Å². The first-order chi connectivity index (χ1) is 28.4. The number of benzene rings is 2. The Morgan fingerprint density at radius 3 is 2.81 bits per heavy atom. The van der Waals surface area contributed by atoms with E-state index in [9.17, 15) is 19.0 Å². The van der Waals surface area contributed by atoms with Crippen molar-refractivity contribution < 1.29 is 32.0 Å². The van der Waals surface area contributed by atoms with Gasteiger partial charge in [-0.05, 0) is 76.5 Å². The van der Waals surface area contributed by atoms with Crippen molar-refractivity contribution in [2.45, 2.75) is 107 Å². The highest BCUT2D eigenvalue weighted by molar-refractivity contribution is 7.89. The number of ether oxygens (including phenoxy) is 2. The molecule has 2 aromatic carbocycles. The van der Waals surface area contributed by atoms with Crippen LogP contribution in [0.1, 0.15) is 70.8 Å². The number of amides is 1. The summed E-state index contributed by atoms with van der Waals surface area (Å²) in [5.74, 6) is -0.352. The van der Waals surface area contributed by atoms with Gasteiger partial charge < -0.3 is 30.0 Å². The largest absolute Gasteiger partial charge is 0.598 e. The van der Waals surface area contributed by atoms with Crippen molar-refractivity contribution in [1.82, 2.24) is 24.5 Å². The minimum Gasteiger partial charge on any atom is -0.598 e. The van der Waals surface area contributed by atoms with Crippen molar-refractivity contribution in [3.8, 4) is 29.0 Å². The van der Waals surface area contributed by atoms with Crippen LogP contribution in [0.3, 0.4) is 0 Å². The van der Waals surface area contributed by atoms with E-state index < -0.39 is 46.9 Å². The molecule has 2 aromatic heterocycles. The van der Waals surface area contributed by atoms with Gasteiger partial charge >= 0.3 is 6.01 Å². The molecule has 1 aliphatic carbocycles. The molecule has 0 spiro atoms. The number of hydrogen-bond acceptors (Lipinski definition) is 12. The smallest absolute Gasteiger partial charge is 0.319 e. The molecule has 1 amide bonds. The van der Waals surface area contributed by atoms with Crippen LogP contribution in [0.4, 0.5) is 24.0 Å². The molecule has 4 aromatic rings. The van der Waals surface area contributed by atoms with Crippen molar-refractivity contribution in [2.24, 2.45) is 5.92 Å². The highest BCUT2D eigenvalue weighted by Gasteiger charge is 2.65. The van der Waals surface area contributed by atoms with Crippen LogP contribution in [-0.2, 0) is 16.2 Å². The molecule has 312 valence electrons. The van der Waals surface area contributed by atoms with Crippen LogP contribution in [0.5, 0.6) is 11.8 Å². The third-order valence-electron chi connectivity index (χ3n) is 13.3. The number of alkyl halides is 1. The van der Waals surface area contributed by atoms with Gasteiger partial charge in [-0.1, -0.05) is 17.7 Å². The molecule has 18 heteroatoms. The highest BCUT2D eigenvalue weighted by atomic mass is 35.5. The molecule has 10 rings (SSSR count). The topological polar surface area (TPSA) is 156 Å².